The minimum absolute atomic E-state index is 0.0703. The summed E-state index contributed by atoms with van der Waals surface area (Å²) in [5, 5.41) is 4.25. The summed E-state index contributed by atoms with van der Waals surface area (Å²) >= 11 is 0. The van der Waals surface area contributed by atoms with Gasteiger partial charge in [0.05, 0.1) is 0 Å². The molecule has 3 amide bonds. The number of nitrogens with one attached hydrogen (secondary N) is 1. The van der Waals surface area contributed by atoms with E-state index in [4.69, 9.17) is 9.73 Å². The van der Waals surface area contributed by atoms with Crippen molar-refractivity contribution in [2.24, 2.45) is 16.8 Å². The van der Waals surface area contributed by atoms with Gasteiger partial charge in [0.25, 0.3) is 5.91 Å². The van der Waals surface area contributed by atoms with Crippen molar-refractivity contribution < 1.29 is 27.5 Å². The molecule has 0 bridgehead atoms. The third-order valence-electron chi connectivity index (χ3n) is 9.17. The van der Waals surface area contributed by atoms with E-state index in [1.165, 1.54) is 14.6 Å². The van der Waals surface area contributed by atoms with E-state index in [9.17, 15) is 22.8 Å². The molecule has 3 fully saturated rings. The molecule has 1 N–H and O–H groups in total. The summed E-state index contributed by atoms with van der Waals surface area (Å²) in [6, 6.07) is 5.42. The number of rotatable bonds is 5. The number of ether oxygens (including phenoxy) is 1. The molecule has 3 aliphatic heterocycles. The number of piperidine rings is 1. The Hall–Kier alpha value is -3.25. The van der Waals surface area contributed by atoms with E-state index in [0.29, 0.717) is 37.5 Å². The average molecular weight is 628 g/mol. The zero-order valence-electron chi connectivity index (χ0n) is 26.5. The number of nitrogens with zero attached hydrogens (tertiary/aromatic N) is 4. The van der Waals surface area contributed by atoms with Gasteiger partial charge >= 0.3 is 6.09 Å². The quantitative estimate of drug-likeness (QED) is 0.524. The van der Waals surface area contributed by atoms with Crippen molar-refractivity contribution in [3.8, 4) is 0 Å². The summed E-state index contributed by atoms with van der Waals surface area (Å²) in [5.74, 6) is 1.48. The highest BCUT2D eigenvalue weighted by Crippen LogP contribution is 2.36. The maximum Gasteiger partial charge on any atom is 0.410 e. The van der Waals surface area contributed by atoms with Crippen LogP contribution in [0.3, 0.4) is 0 Å². The van der Waals surface area contributed by atoms with Crippen LogP contribution in [0, 0.1) is 18.8 Å². The summed E-state index contributed by atoms with van der Waals surface area (Å²) in [5.41, 5.74) is 0.721. The van der Waals surface area contributed by atoms with Gasteiger partial charge in [-0.05, 0) is 88.6 Å². The maximum atomic E-state index is 13.2. The van der Waals surface area contributed by atoms with Gasteiger partial charge in [-0.3, -0.25) is 19.5 Å². The Balaban J connectivity index is 1.18. The number of benzene rings is 1. The minimum Gasteiger partial charge on any atom is -0.444 e. The predicted molar refractivity (Wildman–Crippen MR) is 170 cm³/mol. The number of anilines is 1. The van der Waals surface area contributed by atoms with E-state index in [-0.39, 0.29) is 37.4 Å². The predicted octanol–water partition coefficient (Wildman–Crippen LogP) is 4.07. The monoisotopic (exact) mass is 627 g/mol. The Morgan fingerprint density at radius 3 is 2.36 bits per heavy atom. The number of sulfonamides is 1. The van der Waals surface area contributed by atoms with E-state index in [1.807, 2.05) is 13.0 Å². The lowest BCUT2D eigenvalue weighted by Gasteiger charge is -2.35. The van der Waals surface area contributed by atoms with Gasteiger partial charge in [0, 0.05) is 43.2 Å². The molecule has 0 aromatic heterocycles. The molecule has 1 spiro atoms. The van der Waals surface area contributed by atoms with E-state index < -0.39 is 27.3 Å². The molecule has 4 aliphatic rings. The summed E-state index contributed by atoms with van der Waals surface area (Å²) in [7, 11) is -3.71. The highest BCUT2D eigenvalue weighted by atomic mass is 32.2. The normalized spacial score (nSPS) is 25.0. The second-order valence-electron chi connectivity index (χ2n) is 13.7. The minimum atomic E-state index is -3.71. The fraction of sp³-hybridized carbons (Fsp3) is 0.625. The Morgan fingerprint density at radius 2 is 1.75 bits per heavy atom. The highest BCUT2D eigenvalue weighted by Gasteiger charge is 2.48. The van der Waals surface area contributed by atoms with Crippen molar-refractivity contribution in [2.45, 2.75) is 84.3 Å². The van der Waals surface area contributed by atoms with Crippen LogP contribution in [0.4, 0.5) is 10.5 Å². The topological polar surface area (TPSA) is 129 Å². The summed E-state index contributed by atoms with van der Waals surface area (Å²) in [6.45, 7) is 10.6. The van der Waals surface area contributed by atoms with Crippen LogP contribution in [0.15, 0.2) is 28.6 Å². The molecule has 0 atom stereocenters. The number of carbonyl (C=O) groups excluding carboxylic acids is 3. The molecule has 240 valence electrons. The second kappa shape index (κ2) is 12.3. The van der Waals surface area contributed by atoms with Gasteiger partial charge in [0.1, 0.15) is 23.5 Å². The largest absolute Gasteiger partial charge is 0.444 e. The van der Waals surface area contributed by atoms with Gasteiger partial charge < -0.3 is 15.0 Å². The third-order valence-corrected chi connectivity index (χ3v) is 10.7. The molecule has 1 aromatic carbocycles. The molecule has 0 radical (unpaired) electrons. The lowest BCUT2D eigenvalue weighted by Crippen LogP contribution is -2.53. The molecule has 1 aliphatic carbocycles. The Morgan fingerprint density at radius 1 is 1.07 bits per heavy atom. The van der Waals surface area contributed by atoms with Crippen LogP contribution in [0.2, 0.25) is 0 Å². The molecule has 11 nitrogen and oxygen atoms in total. The fourth-order valence-corrected chi connectivity index (χ4v) is 7.59. The lowest BCUT2D eigenvalue weighted by atomic mass is 9.82. The lowest BCUT2D eigenvalue weighted by molar-refractivity contribution is -0.125. The molecule has 0 unspecified atom stereocenters. The SMILES string of the molecule is Cc1cc(N2CCN(C(=O)OC(C)(C)C)CC2=O)ccc1/C=C/S(=O)(=O)N1CCC2(CC1)N=C(C1CCC(C)CC1)NC2=O. The van der Waals surface area contributed by atoms with Gasteiger partial charge in [0.15, 0.2) is 0 Å². The Labute approximate surface area is 260 Å². The Bertz CT molecular complexity index is 1460. The highest BCUT2D eigenvalue weighted by molar-refractivity contribution is 7.92. The number of hydrogen-bond donors (Lipinski definition) is 1. The third kappa shape index (κ3) is 7.01. The van der Waals surface area contributed by atoms with Crippen molar-refractivity contribution in [2.75, 3.05) is 37.6 Å². The average Bonchev–Trinajstić information content (AvgIpc) is 3.27. The van der Waals surface area contributed by atoms with Crippen LogP contribution in [-0.2, 0) is 24.3 Å². The number of aryl methyl sites for hydroxylation is 1. The summed E-state index contributed by atoms with van der Waals surface area (Å²) in [6.07, 6.45) is 6.13. The van der Waals surface area contributed by atoms with Crippen molar-refractivity contribution >= 4 is 45.5 Å². The number of piperazine rings is 1. The van der Waals surface area contributed by atoms with Crippen LogP contribution >= 0.6 is 0 Å². The molecule has 12 heteroatoms. The standard InChI is InChI=1S/C32H45N5O6S/c1-22-6-8-25(9-7-22)28-33-29(39)32(34-28)13-15-36(16-14-32)44(41,42)19-12-24-10-11-26(20-23(24)2)37-18-17-35(21-27(37)38)30(40)43-31(3,4)5/h10-12,19-20,22,25H,6-9,13-18,21H2,1-5H3,(H,33,34,39)/b19-12+. The molecule has 2 saturated heterocycles. The zero-order chi connectivity index (χ0) is 31.9. The number of hydrogen-bond acceptors (Lipinski definition) is 7. The molecule has 1 saturated carbocycles. The molecular weight excluding hydrogens is 582 g/mol. The fourth-order valence-electron chi connectivity index (χ4n) is 6.41. The van der Waals surface area contributed by atoms with Gasteiger partial charge in [-0.15, -0.1) is 0 Å². The first-order chi connectivity index (χ1) is 20.7. The van der Waals surface area contributed by atoms with Crippen molar-refractivity contribution in [1.82, 2.24) is 14.5 Å². The molecule has 3 heterocycles. The van der Waals surface area contributed by atoms with Crippen LogP contribution in [-0.4, -0.2) is 85.2 Å². The maximum absolute atomic E-state index is 13.2. The summed E-state index contributed by atoms with van der Waals surface area (Å²) < 4.78 is 33.3. The molecule has 44 heavy (non-hydrogen) atoms. The van der Waals surface area contributed by atoms with Crippen LogP contribution in [0.5, 0.6) is 0 Å². The van der Waals surface area contributed by atoms with Gasteiger partial charge in [-0.2, -0.15) is 4.31 Å². The van der Waals surface area contributed by atoms with Gasteiger partial charge in [-0.1, -0.05) is 25.8 Å². The second-order valence-corrected chi connectivity index (χ2v) is 15.5. The zero-order valence-corrected chi connectivity index (χ0v) is 27.3. The molecular formula is C32H45N5O6S. The van der Waals surface area contributed by atoms with Crippen molar-refractivity contribution in [3.05, 3.63) is 34.7 Å². The van der Waals surface area contributed by atoms with Gasteiger partial charge in [-0.25, -0.2) is 13.2 Å². The molecule has 1 aromatic rings. The van der Waals surface area contributed by atoms with E-state index in [2.05, 4.69) is 12.2 Å². The van der Waals surface area contributed by atoms with Gasteiger partial charge in [0.2, 0.25) is 15.9 Å². The first kappa shape index (κ1) is 32.2. The van der Waals surface area contributed by atoms with Crippen molar-refractivity contribution in [1.29, 1.82) is 0 Å². The number of carbonyl (C=O) groups is 3. The van der Waals surface area contributed by atoms with Crippen LogP contribution < -0.4 is 10.2 Å². The molecule has 5 rings (SSSR count). The first-order valence-electron chi connectivity index (χ1n) is 15.6. The smallest absolute Gasteiger partial charge is 0.410 e. The van der Waals surface area contributed by atoms with Crippen molar-refractivity contribution in [3.63, 3.8) is 0 Å². The summed E-state index contributed by atoms with van der Waals surface area (Å²) in [4.78, 5) is 46.1. The van der Waals surface area contributed by atoms with Crippen LogP contribution in [0.25, 0.3) is 6.08 Å². The number of amidine groups is 1. The Kier molecular flexibility index (Phi) is 8.97. The number of aliphatic imine (C=N–C) groups is 1. The first-order valence-corrected chi connectivity index (χ1v) is 17.1. The van der Waals surface area contributed by atoms with E-state index in [1.54, 1.807) is 43.9 Å². The number of amides is 3. The van der Waals surface area contributed by atoms with E-state index >= 15 is 0 Å². The van der Waals surface area contributed by atoms with Crippen LogP contribution in [0.1, 0.15) is 77.3 Å². The van der Waals surface area contributed by atoms with E-state index in [0.717, 1.165) is 42.6 Å².